The molecule has 0 amide bonds. The zero-order chi connectivity index (χ0) is 13.1. The van der Waals surface area contributed by atoms with Crippen LogP contribution in [0.4, 0.5) is 10.1 Å². The molecule has 0 aliphatic carbocycles. The summed E-state index contributed by atoms with van der Waals surface area (Å²) in [6, 6.07) is 6.65. The Morgan fingerprint density at radius 3 is 2.83 bits per heavy atom. The van der Waals surface area contributed by atoms with E-state index in [0.717, 1.165) is 6.07 Å². The predicted molar refractivity (Wildman–Crippen MR) is 62.0 cm³/mol. The maximum absolute atomic E-state index is 13.2. The Kier molecular flexibility index (Phi) is 3.18. The van der Waals surface area contributed by atoms with Crippen LogP contribution in [0, 0.1) is 15.9 Å². The van der Waals surface area contributed by atoms with Crippen molar-refractivity contribution in [2.75, 3.05) is 0 Å². The number of hydrogen-bond donors (Lipinski definition) is 0. The lowest BCUT2D eigenvalue weighted by atomic mass is 10.2. The summed E-state index contributed by atoms with van der Waals surface area (Å²) in [6.07, 6.45) is 2.33. The van der Waals surface area contributed by atoms with Gasteiger partial charge in [0.25, 0.3) is 5.69 Å². The maximum atomic E-state index is 13.2. The number of nitro benzene ring substituents is 1. The highest BCUT2D eigenvalue weighted by atomic mass is 19.1. The van der Waals surface area contributed by atoms with Crippen molar-refractivity contribution < 1.29 is 14.1 Å². The molecular weight excluding hydrogens is 239 g/mol. The van der Waals surface area contributed by atoms with Crippen molar-refractivity contribution in [3.8, 4) is 0 Å². The Balaban J connectivity index is 2.34. The molecule has 0 radical (unpaired) electrons. The third-order valence-corrected chi connectivity index (χ3v) is 2.49. The molecule has 5 nitrogen and oxygen atoms in total. The van der Waals surface area contributed by atoms with Gasteiger partial charge in [0.15, 0.2) is 6.29 Å². The van der Waals surface area contributed by atoms with E-state index in [1.54, 1.807) is 22.9 Å². The highest BCUT2D eigenvalue weighted by molar-refractivity contribution is 5.72. The monoisotopic (exact) mass is 248 g/mol. The molecule has 6 heteroatoms. The Morgan fingerprint density at radius 1 is 1.39 bits per heavy atom. The second-order valence-corrected chi connectivity index (χ2v) is 3.75. The molecule has 1 heterocycles. The SMILES string of the molecule is O=Cc1cccn1Cc1cc(F)cc([N+](=O)[O-])c1. The number of nitro groups is 1. The summed E-state index contributed by atoms with van der Waals surface area (Å²) in [6.45, 7) is 0.208. The van der Waals surface area contributed by atoms with Crippen molar-refractivity contribution in [1.82, 2.24) is 4.57 Å². The van der Waals surface area contributed by atoms with E-state index in [0.29, 0.717) is 17.5 Å². The lowest BCUT2D eigenvalue weighted by Gasteiger charge is -2.05. The number of aldehydes is 1. The summed E-state index contributed by atoms with van der Waals surface area (Å²) in [5.74, 6) is -0.668. The Hall–Kier alpha value is -2.50. The van der Waals surface area contributed by atoms with E-state index >= 15 is 0 Å². The molecule has 92 valence electrons. The lowest BCUT2D eigenvalue weighted by Crippen LogP contribution is -2.03. The number of halogens is 1. The van der Waals surface area contributed by atoms with Crippen molar-refractivity contribution in [3.63, 3.8) is 0 Å². The minimum absolute atomic E-state index is 0.208. The fourth-order valence-corrected chi connectivity index (χ4v) is 1.71. The molecule has 0 fully saturated rings. The number of nitrogens with zero attached hydrogens (tertiary/aromatic N) is 2. The number of benzene rings is 1. The van der Waals surface area contributed by atoms with Crippen molar-refractivity contribution in [2.45, 2.75) is 6.54 Å². The molecule has 2 rings (SSSR count). The lowest BCUT2D eigenvalue weighted by molar-refractivity contribution is -0.385. The van der Waals surface area contributed by atoms with Gasteiger partial charge in [-0.3, -0.25) is 14.9 Å². The molecule has 1 aromatic heterocycles. The van der Waals surface area contributed by atoms with Crippen molar-refractivity contribution in [2.24, 2.45) is 0 Å². The summed E-state index contributed by atoms with van der Waals surface area (Å²) in [5.41, 5.74) is 0.563. The third-order valence-electron chi connectivity index (χ3n) is 2.49. The van der Waals surface area contributed by atoms with Gasteiger partial charge in [0, 0.05) is 18.8 Å². The largest absolute Gasteiger partial charge is 0.341 e. The number of non-ortho nitro benzene ring substituents is 1. The fraction of sp³-hybridized carbons (Fsp3) is 0.0833. The average Bonchev–Trinajstić information content (AvgIpc) is 2.75. The Morgan fingerprint density at radius 2 is 2.17 bits per heavy atom. The Bertz CT molecular complexity index is 607. The molecule has 0 N–H and O–H groups in total. The van der Waals surface area contributed by atoms with Gasteiger partial charge in [-0.1, -0.05) is 0 Å². The van der Waals surface area contributed by atoms with E-state index in [1.807, 2.05) is 0 Å². The first-order valence-electron chi connectivity index (χ1n) is 5.14. The normalized spacial score (nSPS) is 10.3. The van der Waals surface area contributed by atoms with Crippen LogP contribution in [0.25, 0.3) is 0 Å². The molecule has 18 heavy (non-hydrogen) atoms. The zero-order valence-corrected chi connectivity index (χ0v) is 9.25. The average molecular weight is 248 g/mol. The molecule has 0 saturated carbocycles. The molecular formula is C12H9FN2O3. The van der Waals surface area contributed by atoms with E-state index in [1.165, 1.54) is 12.1 Å². The summed E-state index contributed by atoms with van der Waals surface area (Å²) in [4.78, 5) is 20.7. The van der Waals surface area contributed by atoms with Gasteiger partial charge in [0.05, 0.1) is 16.7 Å². The second-order valence-electron chi connectivity index (χ2n) is 3.75. The van der Waals surface area contributed by atoms with Gasteiger partial charge < -0.3 is 4.57 Å². The van der Waals surface area contributed by atoms with Gasteiger partial charge >= 0.3 is 0 Å². The second kappa shape index (κ2) is 4.79. The standard InChI is InChI=1S/C12H9FN2O3/c13-10-4-9(5-12(6-10)15(17)18)7-14-3-1-2-11(14)8-16/h1-6,8H,7H2. The first-order chi connectivity index (χ1) is 8.60. The zero-order valence-electron chi connectivity index (χ0n) is 9.25. The van der Waals surface area contributed by atoms with Crippen LogP contribution in [0.3, 0.4) is 0 Å². The van der Waals surface area contributed by atoms with Gasteiger partial charge in [-0.15, -0.1) is 0 Å². The number of hydrogen-bond acceptors (Lipinski definition) is 3. The minimum Gasteiger partial charge on any atom is -0.341 e. The molecule has 0 aliphatic rings. The van der Waals surface area contributed by atoms with Crippen LogP contribution in [-0.2, 0) is 6.54 Å². The molecule has 0 aliphatic heterocycles. The van der Waals surface area contributed by atoms with E-state index in [9.17, 15) is 19.3 Å². The number of carbonyl (C=O) groups is 1. The van der Waals surface area contributed by atoms with Gasteiger partial charge in [-0.05, 0) is 23.8 Å². The van der Waals surface area contributed by atoms with Gasteiger partial charge in [-0.25, -0.2) is 4.39 Å². The summed E-state index contributed by atoms with van der Waals surface area (Å²) in [5, 5.41) is 10.6. The molecule has 1 aromatic carbocycles. The number of carbonyl (C=O) groups excluding carboxylic acids is 1. The van der Waals surface area contributed by atoms with Crippen LogP contribution in [0.1, 0.15) is 16.1 Å². The molecule has 0 unspecified atom stereocenters. The minimum atomic E-state index is -0.668. The number of rotatable bonds is 4. The van der Waals surface area contributed by atoms with Gasteiger partial charge in [-0.2, -0.15) is 0 Å². The van der Waals surface area contributed by atoms with Crippen molar-refractivity contribution in [1.29, 1.82) is 0 Å². The quantitative estimate of drug-likeness (QED) is 0.474. The highest BCUT2D eigenvalue weighted by Crippen LogP contribution is 2.17. The van der Waals surface area contributed by atoms with Crippen LogP contribution < -0.4 is 0 Å². The topological polar surface area (TPSA) is 65.1 Å². The summed E-state index contributed by atoms with van der Waals surface area (Å²) >= 11 is 0. The molecule has 2 aromatic rings. The Labute approximate surface area is 102 Å². The molecule has 0 bridgehead atoms. The highest BCUT2D eigenvalue weighted by Gasteiger charge is 2.10. The van der Waals surface area contributed by atoms with E-state index in [4.69, 9.17) is 0 Å². The summed E-state index contributed by atoms with van der Waals surface area (Å²) < 4.78 is 14.8. The van der Waals surface area contributed by atoms with Crippen molar-refractivity contribution >= 4 is 12.0 Å². The van der Waals surface area contributed by atoms with Crippen LogP contribution >= 0.6 is 0 Å². The van der Waals surface area contributed by atoms with E-state index < -0.39 is 10.7 Å². The fourth-order valence-electron chi connectivity index (χ4n) is 1.71. The maximum Gasteiger partial charge on any atom is 0.272 e. The third kappa shape index (κ3) is 2.42. The van der Waals surface area contributed by atoms with E-state index in [2.05, 4.69) is 0 Å². The van der Waals surface area contributed by atoms with Crippen LogP contribution in [0.5, 0.6) is 0 Å². The molecule has 0 atom stereocenters. The van der Waals surface area contributed by atoms with Gasteiger partial charge in [0.1, 0.15) is 5.82 Å². The molecule has 0 spiro atoms. The first-order valence-corrected chi connectivity index (χ1v) is 5.14. The van der Waals surface area contributed by atoms with Gasteiger partial charge in [0.2, 0.25) is 0 Å². The smallest absolute Gasteiger partial charge is 0.272 e. The van der Waals surface area contributed by atoms with Crippen LogP contribution in [-0.4, -0.2) is 15.8 Å². The van der Waals surface area contributed by atoms with E-state index in [-0.39, 0.29) is 12.2 Å². The first kappa shape index (κ1) is 12.0. The molecule has 0 saturated heterocycles. The van der Waals surface area contributed by atoms with Crippen molar-refractivity contribution in [3.05, 3.63) is 63.7 Å². The summed E-state index contributed by atoms with van der Waals surface area (Å²) in [7, 11) is 0. The predicted octanol–water partition coefficient (Wildman–Crippen LogP) is 2.40. The van der Waals surface area contributed by atoms with Crippen LogP contribution in [0.15, 0.2) is 36.5 Å². The number of aromatic nitrogens is 1. The van der Waals surface area contributed by atoms with Crippen LogP contribution in [0.2, 0.25) is 0 Å².